The predicted molar refractivity (Wildman–Crippen MR) is 46.8 cm³/mol. The second-order valence-electron chi connectivity index (χ2n) is 2.46. The van der Waals surface area contributed by atoms with E-state index in [9.17, 15) is 0 Å². The van der Waals surface area contributed by atoms with Gasteiger partial charge in [-0.25, -0.2) is 0 Å². The largest absolute Gasteiger partial charge is 0.397 e. The lowest BCUT2D eigenvalue weighted by Gasteiger charge is -1.98. The van der Waals surface area contributed by atoms with E-state index in [1.807, 2.05) is 38.3 Å². The molecular weight excluding hydrogens is 136 g/mol. The lowest BCUT2D eigenvalue weighted by molar-refractivity contribution is 1.21. The summed E-state index contributed by atoms with van der Waals surface area (Å²) < 4.78 is 0. The highest BCUT2D eigenvalue weighted by molar-refractivity contribution is 5.58. The van der Waals surface area contributed by atoms with Gasteiger partial charge in [0.05, 0.1) is 11.4 Å². The quantitative estimate of drug-likeness (QED) is 0.658. The Morgan fingerprint density at radius 2 is 2.27 bits per heavy atom. The van der Waals surface area contributed by atoms with E-state index in [0.29, 0.717) is 0 Å². The molecule has 2 N–H and O–H groups in total. The van der Waals surface area contributed by atoms with Gasteiger partial charge in [-0.15, -0.1) is 0 Å². The average molecular weight is 148 g/mol. The van der Waals surface area contributed by atoms with Crippen LogP contribution in [0.1, 0.15) is 18.2 Å². The van der Waals surface area contributed by atoms with Gasteiger partial charge in [0, 0.05) is 6.20 Å². The molecule has 0 bridgehead atoms. The molecule has 0 aromatic carbocycles. The van der Waals surface area contributed by atoms with Gasteiger partial charge in [0.2, 0.25) is 0 Å². The van der Waals surface area contributed by atoms with Gasteiger partial charge in [0.15, 0.2) is 0 Å². The second-order valence-corrected chi connectivity index (χ2v) is 2.46. The molecule has 2 heteroatoms. The second kappa shape index (κ2) is 3.19. The Hall–Kier alpha value is -1.31. The van der Waals surface area contributed by atoms with Crippen molar-refractivity contribution >= 4 is 5.70 Å². The summed E-state index contributed by atoms with van der Waals surface area (Å²) in [5.74, 6) is 0. The minimum absolute atomic E-state index is 0.727. The number of nitrogens with zero attached hydrogens (tertiary/aromatic N) is 1. The van der Waals surface area contributed by atoms with E-state index in [1.165, 1.54) is 0 Å². The van der Waals surface area contributed by atoms with Gasteiger partial charge in [-0.2, -0.15) is 0 Å². The third kappa shape index (κ3) is 1.80. The van der Waals surface area contributed by atoms with E-state index >= 15 is 0 Å². The van der Waals surface area contributed by atoms with Crippen LogP contribution in [-0.4, -0.2) is 4.98 Å². The smallest absolute Gasteiger partial charge is 0.0855 e. The third-order valence-corrected chi connectivity index (χ3v) is 1.52. The zero-order valence-electron chi connectivity index (χ0n) is 6.83. The van der Waals surface area contributed by atoms with Crippen LogP contribution >= 0.6 is 0 Å². The molecule has 11 heavy (non-hydrogen) atoms. The predicted octanol–water partition coefficient (Wildman–Crippen LogP) is 1.71. The van der Waals surface area contributed by atoms with Crippen molar-refractivity contribution in [1.29, 1.82) is 0 Å². The molecule has 0 saturated heterocycles. The van der Waals surface area contributed by atoms with Gasteiger partial charge in [0.25, 0.3) is 0 Å². The molecule has 58 valence electrons. The zero-order chi connectivity index (χ0) is 8.27. The summed E-state index contributed by atoms with van der Waals surface area (Å²) in [5, 5.41) is 0. The van der Waals surface area contributed by atoms with E-state index in [2.05, 4.69) is 4.98 Å². The Morgan fingerprint density at radius 3 is 2.73 bits per heavy atom. The van der Waals surface area contributed by atoms with Crippen molar-refractivity contribution in [2.75, 3.05) is 0 Å². The molecule has 1 rings (SSSR count). The molecule has 0 amide bonds. The minimum atomic E-state index is 0.727. The van der Waals surface area contributed by atoms with Crippen molar-refractivity contribution in [3.05, 3.63) is 35.7 Å². The van der Waals surface area contributed by atoms with Crippen molar-refractivity contribution in [2.45, 2.75) is 13.8 Å². The molecule has 0 aliphatic rings. The number of aromatic nitrogens is 1. The number of hydrogen-bond donors (Lipinski definition) is 1. The van der Waals surface area contributed by atoms with Gasteiger partial charge in [-0.1, -0.05) is 12.1 Å². The van der Waals surface area contributed by atoms with E-state index in [1.54, 1.807) is 0 Å². The van der Waals surface area contributed by atoms with Crippen molar-refractivity contribution in [1.82, 2.24) is 4.98 Å². The summed E-state index contributed by atoms with van der Waals surface area (Å²) >= 11 is 0. The molecule has 0 unspecified atom stereocenters. The lowest BCUT2D eigenvalue weighted by atomic mass is 10.2. The summed E-state index contributed by atoms with van der Waals surface area (Å²) in [7, 11) is 0. The Balaban J connectivity index is 2.99. The fourth-order valence-electron chi connectivity index (χ4n) is 0.786. The van der Waals surface area contributed by atoms with Crippen molar-refractivity contribution in [2.24, 2.45) is 5.73 Å². The van der Waals surface area contributed by atoms with Crippen LogP contribution in [0.4, 0.5) is 0 Å². The molecule has 2 nitrogen and oxygen atoms in total. The van der Waals surface area contributed by atoms with Crippen molar-refractivity contribution < 1.29 is 0 Å². The first-order valence-electron chi connectivity index (χ1n) is 3.59. The molecule has 0 spiro atoms. The van der Waals surface area contributed by atoms with Crippen LogP contribution in [0.15, 0.2) is 24.4 Å². The maximum absolute atomic E-state index is 5.64. The van der Waals surface area contributed by atoms with Crippen LogP contribution in [0, 0.1) is 6.92 Å². The highest BCUT2D eigenvalue weighted by atomic mass is 14.7. The monoisotopic (exact) mass is 148 g/mol. The standard InChI is InChI=1S/C9H12N2/c1-3-8(10)9-5-4-7(2)6-11-9/h3-6H,10H2,1-2H3/b8-3-. The number of rotatable bonds is 1. The first kappa shape index (κ1) is 7.79. The van der Waals surface area contributed by atoms with Gasteiger partial charge in [-0.3, -0.25) is 4.98 Å². The molecule has 1 aromatic heterocycles. The maximum atomic E-state index is 5.64. The van der Waals surface area contributed by atoms with E-state index in [4.69, 9.17) is 5.73 Å². The van der Waals surface area contributed by atoms with E-state index < -0.39 is 0 Å². The van der Waals surface area contributed by atoms with Gasteiger partial charge in [0.1, 0.15) is 0 Å². The molecule has 0 aliphatic heterocycles. The van der Waals surface area contributed by atoms with Gasteiger partial charge >= 0.3 is 0 Å². The van der Waals surface area contributed by atoms with Crippen LogP contribution in [-0.2, 0) is 0 Å². The first-order chi connectivity index (χ1) is 5.24. The van der Waals surface area contributed by atoms with Crippen LogP contribution in [0.3, 0.4) is 0 Å². The normalized spacial score (nSPS) is 11.6. The van der Waals surface area contributed by atoms with Crippen LogP contribution in [0.25, 0.3) is 5.70 Å². The van der Waals surface area contributed by atoms with Crippen LogP contribution in [0.5, 0.6) is 0 Å². The van der Waals surface area contributed by atoms with Crippen molar-refractivity contribution in [3.8, 4) is 0 Å². The molecule has 0 fully saturated rings. The number of aryl methyl sites for hydroxylation is 1. The molecule has 0 radical (unpaired) electrons. The topological polar surface area (TPSA) is 38.9 Å². The summed E-state index contributed by atoms with van der Waals surface area (Å²) in [6.45, 7) is 3.90. The van der Waals surface area contributed by atoms with E-state index in [0.717, 1.165) is 17.0 Å². The third-order valence-electron chi connectivity index (χ3n) is 1.52. The van der Waals surface area contributed by atoms with Crippen LogP contribution < -0.4 is 5.73 Å². The van der Waals surface area contributed by atoms with E-state index in [-0.39, 0.29) is 0 Å². The van der Waals surface area contributed by atoms with Gasteiger partial charge < -0.3 is 5.73 Å². The molecule has 1 heterocycles. The summed E-state index contributed by atoms with van der Waals surface area (Å²) in [6.07, 6.45) is 3.66. The SMILES string of the molecule is C/C=C(\N)c1ccc(C)cn1. The Morgan fingerprint density at radius 1 is 1.55 bits per heavy atom. The van der Waals surface area contributed by atoms with Crippen molar-refractivity contribution in [3.63, 3.8) is 0 Å². The Bertz CT molecular complexity index is 259. The molecule has 1 aromatic rings. The number of allylic oxidation sites excluding steroid dienone is 1. The first-order valence-corrected chi connectivity index (χ1v) is 3.59. The van der Waals surface area contributed by atoms with Crippen LogP contribution in [0.2, 0.25) is 0 Å². The lowest BCUT2D eigenvalue weighted by Crippen LogP contribution is -1.97. The molecular formula is C9H12N2. The highest BCUT2D eigenvalue weighted by Crippen LogP contribution is 2.05. The molecule has 0 atom stereocenters. The fraction of sp³-hybridized carbons (Fsp3) is 0.222. The fourth-order valence-corrected chi connectivity index (χ4v) is 0.786. The number of hydrogen-bond acceptors (Lipinski definition) is 2. The molecule has 0 aliphatic carbocycles. The maximum Gasteiger partial charge on any atom is 0.0855 e. The summed E-state index contributed by atoms with van der Waals surface area (Å²) in [6, 6.07) is 3.92. The summed E-state index contributed by atoms with van der Waals surface area (Å²) in [5.41, 5.74) is 8.37. The summed E-state index contributed by atoms with van der Waals surface area (Å²) in [4.78, 5) is 4.16. The number of pyridine rings is 1. The highest BCUT2D eigenvalue weighted by Gasteiger charge is 1.93. The zero-order valence-corrected chi connectivity index (χ0v) is 6.83. The Kier molecular flexibility index (Phi) is 2.26. The minimum Gasteiger partial charge on any atom is -0.397 e. The molecule has 0 saturated carbocycles. The van der Waals surface area contributed by atoms with Gasteiger partial charge in [-0.05, 0) is 25.5 Å². The average Bonchev–Trinajstić information content (AvgIpc) is 2.05. The Labute approximate surface area is 66.8 Å². The number of nitrogens with two attached hydrogens (primary N) is 1.